The molecule has 1 unspecified atom stereocenters. The predicted molar refractivity (Wildman–Crippen MR) is 112 cm³/mol. The molecule has 148 valence electrons. The molecule has 0 aromatic heterocycles. The van der Waals surface area contributed by atoms with E-state index in [2.05, 4.69) is 45.0 Å². The van der Waals surface area contributed by atoms with Gasteiger partial charge in [-0.25, -0.2) is 0 Å². The van der Waals surface area contributed by atoms with Crippen molar-refractivity contribution in [2.75, 3.05) is 0 Å². The maximum absolute atomic E-state index is 10.2. The van der Waals surface area contributed by atoms with Gasteiger partial charge in [0.15, 0.2) is 0 Å². The van der Waals surface area contributed by atoms with E-state index in [4.69, 9.17) is 0 Å². The van der Waals surface area contributed by atoms with Gasteiger partial charge in [0.1, 0.15) is 0 Å². The number of hydrogen-bond acceptors (Lipinski definition) is 1. The number of aryl methyl sites for hydroxylation is 1. The molecular formula is C26H38O. The monoisotopic (exact) mass is 366 g/mol. The van der Waals surface area contributed by atoms with Crippen LogP contribution in [0.3, 0.4) is 0 Å². The minimum atomic E-state index is -0.0223. The third kappa shape index (κ3) is 2.67. The van der Waals surface area contributed by atoms with E-state index in [1.165, 1.54) is 50.5 Å². The Morgan fingerprint density at radius 1 is 0.815 bits per heavy atom. The SMILES string of the molecule is Cc1ccc([C@H]2CC[C@H]3[C@@H]4CCC5C[C@@H](O)CC[C@]5(C)[C@H]4CC[C@]23C)cc1. The van der Waals surface area contributed by atoms with Gasteiger partial charge in [-0.2, -0.15) is 0 Å². The van der Waals surface area contributed by atoms with Gasteiger partial charge in [-0.3, -0.25) is 0 Å². The van der Waals surface area contributed by atoms with Crippen molar-refractivity contribution in [3.63, 3.8) is 0 Å². The Kier molecular flexibility index (Phi) is 4.28. The second kappa shape index (κ2) is 6.34. The number of rotatable bonds is 1. The zero-order valence-electron chi connectivity index (χ0n) is 17.6. The summed E-state index contributed by atoms with van der Waals surface area (Å²) in [6.07, 6.45) is 11.9. The molecule has 1 aromatic rings. The number of aliphatic hydroxyl groups excluding tert-OH is 1. The largest absolute Gasteiger partial charge is 0.393 e. The minimum Gasteiger partial charge on any atom is -0.393 e. The molecule has 0 saturated heterocycles. The lowest BCUT2D eigenvalue weighted by Crippen LogP contribution is -2.53. The van der Waals surface area contributed by atoms with Gasteiger partial charge < -0.3 is 5.11 Å². The van der Waals surface area contributed by atoms with Crippen LogP contribution in [0.4, 0.5) is 0 Å². The minimum absolute atomic E-state index is 0.0223. The standard InChI is InChI=1S/C26H38O/c1-17-4-6-18(7-5-17)22-10-11-23-21-9-8-19-16-20(27)12-14-25(19,2)24(21)13-15-26(22,23)3/h4-7,19-24,27H,8-16H2,1-3H3/t19?,20-,21-,22+,23-,24-,25-,26+/m0/s1. The fraction of sp³-hybridized carbons (Fsp3) is 0.769. The van der Waals surface area contributed by atoms with Gasteiger partial charge in [0.05, 0.1) is 6.10 Å². The van der Waals surface area contributed by atoms with Crippen LogP contribution in [0, 0.1) is 41.4 Å². The van der Waals surface area contributed by atoms with E-state index in [-0.39, 0.29) is 6.10 Å². The highest BCUT2D eigenvalue weighted by atomic mass is 16.3. The Balaban J connectivity index is 1.42. The highest BCUT2D eigenvalue weighted by Gasteiger charge is 2.60. The lowest BCUT2D eigenvalue weighted by Gasteiger charge is -2.61. The van der Waals surface area contributed by atoms with Gasteiger partial charge in [0.2, 0.25) is 0 Å². The van der Waals surface area contributed by atoms with Crippen LogP contribution in [0.2, 0.25) is 0 Å². The van der Waals surface area contributed by atoms with Crippen LogP contribution in [0.15, 0.2) is 24.3 Å². The van der Waals surface area contributed by atoms with Gasteiger partial charge in [0.25, 0.3) is 0 Å². The van der Waals surface area contributed by atoms with Crippen molar-refractivity contribution >= 4 is 0 Å². The van der Waals surface area contributed by atoms with Crippen LogP contribution in [0.1, 0.15) is 88.7 Å². The second-order valence-corrected chi connectivity index (χ2v) is 11.2. The second-order valence-electron chi connectivity index (χ2n) is 11.2. The molecule has 1 N–H and O–H groups in total. The van der Waals surface area contributed by atoms with E-state index < -0.39 is 0 Å². The third-order valence-electron chi connectivity index (χ3n) is 10.1. The molecule has 0 bridgehead atoms. The van der Waals surface area contributed by atoms with Crippen molar-refractivity contribution in [3.05, 3.63) is 35.4 Å². The molecule has 0 heterocycles. The maximum atomic E-state index is 10.2. The lowest BCUT2D eigenvalue weighted by atomic mass is 9.44. The Bertz CT molecular complexity index is 693. The van der Waals surface area contributed by atoms with E-state index in [0.29, 0.717) is 10.8 Å². The maximum Gasteiger partial charge on any atom is 0.0543 e. The van der Waals surface area contributed by atoms with Gasteiger partial charge in [-0.05, 0) is 111 Å². The highest BCUT2D eigenvalue weighted by Crippen LogP contribution is 2.68. The molecule has 1 nitrogen and oxygen atoms in total. The molecule has 1 aromatic carbocycles. The van der Waals surface area contributed by atoms with Crippen molar-refractivity contribution in [1.29, 1.82) is 0 Å². The summed E-state index contributed by atoms with van der Waals surface area (Å²) in [5.74, 6) is 4.32. The molecule has 0 aliphatic heterocycles. The van der Waals surface area contributed by atoms with Crippen LogP contribution in [0.5, 0.6) is 0 Å². The van der Waals surface area contributed by atoms with Crippen LogP contribution < -0.4 is 0 Å². The van der Waals surface area contributed by atoms with Gasteiger partial charge in [-0.15, -0.1) is 0 Å². The summed E-state index contributed by atoms with van der Waals surface area (Å²) in [5, 5.41) is 10.2. The summed E-state index contributed by atoms with van der Waals surface area (Å²) in [7, 11) is 0. The van der Waals surface area contributed by atoms with Crippen molar-refractivity contribution in [3.8, 4) is 0 Å². The van der Waals surface area contributed by atoms with Gasteiger partial charge in [-0.1, -0.05) is 43.7 Å². The molecular weight excluding hydrogens is 328 g/mol. The summed E-state index contributed by atoms with van der Waals surface area (Å²) in [5.41, 5.74) is 4.00. The molecule has 1 heteroatoms. The van der Waals surface area contributed by atoms with E-state index >= 15 is 0 Å². The summed E-state index contributed by atoms with van der Waals surface area (Å²) >= 11 is 0. The average Bonchev–Trinajstić information content (AvgIpc) is 3.00. The number of aliphatic hydroxyl groups is 1. The zero-order valence-corrected chi connectivity index (χ0v) is 17.6. The van der Waals surface area contributed by atoms with E-state index in [9.17, 15) is 5.11 Å². The predicted octanol–water partition coefficient (Wildman–Crippen LogP) is 6.48. The summed E-state index contributed by atoms with van der Waals surface area (Å²) in [6.45, 7) is 7.45. The molecule has 4 fully saturated rings. The number of hydrogen-bond donors (Lipinski definition) is 1. The number of benzene rings is 1. The van der Waals surface area contributed by atoms with Gasteiger partial charge in [0, 0.05) is 0 Å². The van der Waals surface area contributed by atoms with Crippen LogP contribution in [-0.4, -0.2) is 11.2 Å². The first-order valence-electron chi connectivity index (χ1n) is 11.7. The fourth-order valence-corrected chi connectivity index (χ4v) is 8.58. The average molecular weight is 367 g/mol. The first-order valence-corrected chi connectivity index (χ1v) is 11.7. The van der Waals surface area contributed by atoms with Crippen molar-refractivity contribution < 1.29 is 5.11 Å². The molecule has 0 spiro atoms. The molecule has 8 atom stereocenters. The topological polar surface area (TPSA) is 20.2 Å². The Morgan fingerprint density at radius 2 is 1.52 bits per heavy atom. The Labute approximate surface area is 166 Å². The lowest BCUT2D eigenvalue weighted by molar-refractivity contribution is -0.122. The fourth-order valence-electron chi connectivity index (χ4n) is 8.58. The van der Waals surface area contributed by atoms with Crippen LogP contribution >= 0.6 is 0 Å². The van der Waals surface area contributed by atoms with Crippen LogP contribution in [0.25, 0.3) is 0 Å². The molecule has 4 aliphatic rings. The highest BCUT2D eigenvalue weighted by molar-refractivity contribution is 5.28. The summed E-state index contributed by atoms with van der Waals surface area (Å²) in [4.78, 5) is 0. The Hall–Kier alpha value is -0.820. The molecule has 27 heavy (non-hydrogen) atoms. The smallest absolute Gasteiger partial charge is 0.0543 e. The zero-order chi connectivity index (χ0) is 18.8. The van der Waals surface area contributed by atoms with Gasteiger partial charge >= 0.3 is 0 Å². The van der Waals surface area contributed by atoms with E-state index in [1.807, 2.05) is 0 Å². The molecule has 5 rings (SSSR count). The van der Waals surface area contributed by atoms with Crippen molar-refractivity contribution in [2.45, 2.75) is 90.6 Å². The van der Waals surface area contributed by atoms with E-state index in [0.717, 1.165) is 42.4 Å². The molecule has 0 radical (unpaired) electrons. The first-order chi connectivity index (χ1) is 12.9. The van der Waals surface area contributed by atoms with E-state index in [1.54, 1.807) is 5.56 Å². The quantitative estimate of drug-likeness (QED) is 0.603. The molecule has 4 saturated carbocycles. The molecule has 0 amide bonds. The molecule has 4 aliphatic carbocycles. The Morgan fingerprint density at radius 3 is 2.30 bits per heavy atom. The summed E-state index contributed by atoms with van der Waals surface area (Å²) in [6, 6.07) is 9.47. The normalized spacial score (nSPS) is 49.2. The first kappa shape index (κ1) is 18.2. The van der Waals surface area contributed by atoms with Crippen molar-refractivity contribution in [2.24, 2.45) is 34.5 Å². The number of fused-ring (bicyclic) bond motifs is 5. The summed E-state index contributed by atoms with van der Waals surface area (Å²) < 4.78 is 0. The van der Waals surface area contributed by atoms with Crippen molar-refractivity contribution in [1.82, 2.24) is 0 Å². The third-order valence-corrected chi connectivity index (χ3v) is 10.1. The van der Waals surface area contributed by atoms with Crippen LogP contribution in [-0.2, 0) is 0 Å².